The number of benzene rings is 1. The van der Waals surface area contributed by atoms with Crippen molar-refractivity contribution < 1.29 is 18.8 Å². The smallest absolute Gasteiger partial charge is 0.242 e. The van der Waals surface area contributed by atoms with Crippen molar-refractivity contribution in [2.45, 2.75) is 51.4 Å². The first-order valence-corrected chi connectivity index (χ1v) is 9.55. The van der Waals surface area contributed by atoms with E-state index in [2.05, 4.69) is 16.0 Å². The van der Waals surface area contributed by atoms with Gasteiger partial charge in [0.2, 0.25) is 17.7 Å². The van der Waals surface area contributed by atoms with Gasteiger partial charge in [-0.25, -0.2) is 4.39 Å². The minimum Gasteiger partial charge on any atom is -0.352 e. The van der Waals surface area contributed by atoms with Gasteiger partial charge >= 0.3 is 0 Å². The van der Waals surface area contributed by atoms with E-state index in [1.54, 1.807) is 13.8 Å². The molecule has 8 heteroatoms. The lowest BCUT2D eigenvalue weighted by Crippen LogP contribution is -2.49. The Bertz CT molecular complexity index is 625. The Morgan fingerprint density at radius 1 is 1.04 bits per heavy atom. The van der Waals surface area contributed by atoms with Gasteiger partial charge in [0.05, 0.1) is 11.0 Å². The van der Waals surface area contributed by atoms with Crippen LogP contribution in [0.3, 0.4) is 0 Å². The van der Waals surface area contributed by atoms with Gasteiger partial charge < -0.3 is 16.0 Å². The number of rotatable bonds is 9. The van der Waals surface area contributed by atoms with Crippen LogP contribution >= 0.6 is 11.8 Å². The Labute approximate surface area is 157 Å². The molecule has 0 aliphatic heterocycles. The Kier molecular flexibility index (Phi) is 9.12. The molecule has 0 heterocycles. The number of carbonyl (C=O) groups excluding carboxylic acids is 3. The molecule has 3 unspecified atom stereocenters. The summed E-state index contributed by atoms with van der Waals surface area (Å²) in [6, 6.07) is 4.84. The van der Waals surface area contributed by atoms with Gasteiger partial charge in [-0.2, -0.15) is 0 Å². The SMILES string of the molecule is CCC(C)NC(=O)C(C)NC(=O)C(C)SCC(=O)Nc1ccc(F)cc1. The molecule has 0 spiro atoms. The van der Waals surface area contributed by atoms with Crippen molar-refractivity contribution in [1.29, 1.82) is 0 Å². The number of thioether (sulfide) groups is 1. The van der Waals surface area contributed by atoms with Crippen molar-refractivity contribution in [2.75, 3.05) is 11.1 Å². The maximum absolute atomic E-state index is 12.8. The Morgan fingerprint density at radius 2 is 1.65 bits per heavy atom. The van der Waals surface area contributed by atoms with Gasteiger partial charge in [0.25, 0.3) is 0 Å². The van der Waals surface area contributed by atoms with Crippen LogP contribution in [0.1, 0.15) is 34.1 Å². The highest BCUT2D eigenvalue weighted by molar-refractivity contribution is 8.01. The molecule has 0 aromatic heterocycles. The predicted molar refractivity (Wildman–Crippen MR) is 102 cm³/mol. The molecule has 3 atom stereocenters. The normalized spacial score (nSPS) is 14.0. The van der Waals surface area contributed by atoms with Crippen molar-refractivity contribution in [3.05, 3.63) is 30.1 Å². The molecule has 0 radical (unpaired) electrons. The molecular weight excluding hydrogens is 357 g/mol. The zero-order chi connectivity index (χ0) is 19.7. The van der Waals surface area contributed by atoms with E-state index in [0.29, 0.717) is 5.69 Å². The van der Waals surface area contributed by atoms with Crippen LogP contribution in [0.2, 0.25) is 0 Å². The zero-order valence-electron chi connectivity index (χ0n) is 15.5. The van der Waals surface area contributed by atoms with Gasteiger partial charge in [0.15, 0.2) is 0 Å². The van der Waals surface area contributed by atoms with Gasteiger partial charge in [-0.3, -0.25) is 14.4 Å². The third-order valence-corrected chi connectivity index (χ3v) is 4.86. The quantitative estimate of drug-likeness (QED) is 0.611. The highest BCUT2D eigenvalue weighted by atomic mass is 32.2. The molecule has 6 nitrogen and oxygen atoms in total. The van der Waals surface area contributed by atoms with E-state index in [4.69, 9.17) is 0 Å². The summed E-state index contributed by atoms with van der Waals surface area (Å²) in [5.41, 5.74) is 0.490. The van der Waals surface area contributed by atoms with Crippen LogP contribution in [0.25, 0.3) is 0 Å². The summed E-state index contributed by atoms with van der Waals surface area (Å²) >= 11 is 1.16. The number of nitrogens with one attached hydrogen (secondary N) is 3. The lowest BCUT2D eigenvalue weighted by molar-refractivity contribution is -0.128. The number of hydrogen-bond donors (Lipinski definition) is 3. The second kappa shape index (κ2) is 10.8. The molecule has 0 aliphatic rings. The van der Waals surface area contributed by atoms with Crippen molar-refractivity contribution >= 4 is 35.2 Å². The van der Waals surface area contributed by atoms with E-state index in [1.165, 1.54) is 24.3 Å². The Hall–Kier alpha value is -2.09. The number of amides is 3. The van der Waals surface area contributed by atoms with Crippen molar-refractivity contribution in [3.63, 3.8) is 0 Å². The van der Waals surface area contributed by atoms with Crippen LogP contribution in [0.4, 0.5) is 10.1 Å². The maximum atomic E-state index is 12.8. The Balaban J connectivity index is 2.38. The molecule has 1 rings (SSSR count). The highest BCUT2D eigenvalue weighted by Gasteiger charge is 2.21. The standard InChI is InChI=1S/C18H26FN3O3S/c1-5-11(2)20-17(24)12(3)21-18(25)13(4)26-10-16(23)22-15-8-6-14(19)7-9-15/h6-9,11-13H,5,10H2,1-4H3,(H,20,24)(H,21,25)(H,22,23). The summed E-state index contributed by atoms with van der Waals surface area (Å²) in [5.74, 6) is -1.15. The molecular formula is C18H26FN3O3S. The monoisotopic (exact) mass is 383 g/mol. The second-order valence-electron chi connectivity index (χ2n) is 6.06. The van der Waals surface area contributed by atoms with Crippen LogP contribution in [0.5, 0.6) is 0 Å². The van der Waals surface area contributed by atoms with E-state index in [0.717, 1.165) is 18.2 Å². The van der Waals surface area contributed by atoms with Crippen LogP contribution in [0, 0.1) is 5.82 Å². The molecule has 3 amide bonds. The molecule has 144 valence electrons. The van der Waals surface area contributed by atoms with E-state index in [-0.39, 0.29) is 35.3 Å². The lowest BCUT2D eigenvalue weighted by Gasteiger charge is -2.19. The third kappa shape index (κ3) is 7.86. The first kappa shape index (κ1) is 22.0. The van der Waals surface area contributed by atoms with Crippen molar-refractivity contribution in [1.82, 2.24) is 10.6 Å². The van der Waals surface area contributed by atoms with Crippen LogP contribution < -0.4 is 16.0 Å². The first-order chi connectivity index (χ1) is 12.2. The average molecular weight is 383 g/mol. The van der Waals surface area contributed by atoms with Crippen LogP contribution in [-0.4, -0.2) is 40.8 Å². The van der Waals surface area contributed by atoms with Crippen molar-refractivity contribution in [3.8, 4) is 0 Å². The second-order valence-corrected chi connectivity index (χ2v) is 7.39. The van der Waals surface area contributed by atoms with Gasteiger partial charge in [-0.15, -0.1) is 11.8 Å². The molecule has 0 aliphatic carbocycles. The predicted octanol–water partition coefficient (Wildman–Crippen LogP) is 2.31. The molecule has 26 heavy (non-hydrogen) atoms. The van der Waals surface area contributed by atoms with Crippen LogP contribution in [0.15, 0.2) is 24.3 Å². The summed E-state index contributed by atoms with van der Waals surface area (Å²) < 4.78 is 12.8. The third-order valence-electron chi connectivity index (χ3n) is 3.71. The first-order valence-electron chi connectivity index (χ1n) is 8.50. The topological polar surface area (TPSA) is 87.3 Å². The van der Waals surface area contributed by atoms with E-state index >= 15 is 0 Å². The van der Waals surface area contributed by atoms with Gasteiger partial charge in [0, 0.05) is 11.7 Å². The molecule has 0 saturated carbocycles. The fourth-order valence-corrected chi connectivity index (χ4v) is 2.57. The molecule has 0 fully saturated rings. The molecule has 0 saturated heterocycles. The van der Waals surface area contributed by atoms with Gasteiger partial charge in [-0.1, -0.05) is 6.92 Å². The fourth-order valence-electron chi connectivity index (χ4n) is 1.87. The summed E-state index contributed by atoms with van der Waals surface area (Å²) in [7, 11) is 0. The largest absolute Gasteiger partial charge is 0.352 e. The van der Waals surface area contributed by atoms with Crippen molar-refractivity contribution in [2.24, 2.45) is 0 Å². The number of anilines is 1. The highest BCUT2D eigenvalue weighted by Crippen LogP contribution is 2.13. The summed E-state index contributed by atoms with van der Waals surface area (Å²) in [5, 5.41) is 7.58. The minimum absolute atomic E-state index is 0.0452. The summed E-state index contributed by atoms with van der Waals surface area (Å²) in [4.78, 5) is 36.0. The summed E-state index contributed by atoms with van der Waals surface area (Å²) in [6.07, 6.45) is 0.807. The molecule has 1 aromatic carbocycles. The number of hydrogen-bond acceptors (Lipinski definition) is 4. The van der Waals surface area contributed by atoms with E-state index in [1.807, 2.05) is 13.8 Å². The minimum atomic E-state index is -0.646. The van der Waals surface area contributed by atoms with Gasteiger partial charge in [0.1, 0.15) is 11.9 Å². The maximum Gasteiger partial charge on any atom is 0.242 e. The summed E-state index contributed by atoms with van der Waals surface area (Å²) in [6.45, 7) is 7.15. The van der Waals surface area contributed by atoms with Crippen LogP contribution in [-0.2, 0) is 14.4 Å². The fraction of sp³-hybridized carbons (Fsp3) is 0.500. The lowest BCUT2D eigenvalue weighted by atomic mass is 10.2. The van der Waals surface area contributed by atoms with E-state index < -0.39 is 11.3 Å². The van der Waals surface area contributed by atoms with Gasteiger partial charge in [-0.05, 0) is 51.5 Å². The average Bonchev–Trinajstić information content (AvgIpc) is 2.61. The number of carbonyl (C=O) groups is 3. The number of halogens is 1. The molecule has 1 aromatic rings. The molecule has 0 bridgehead atoms. The zero-order valence-corrected chi connectivity index (χ0v) is 16.3. The molecule has 3 N–H and O–H groups in total. The Morgan fingerprint density at radius 3 is 2.23 bits per heavy atom. The van der Waals surface area contributed by atoms with E-state index in [9.17, 15) is 18.8 Å².